The molecule has 0 spiro atoms. The summed E-state index contributed by atoms with van der Waals surface area (Å²) in [4.78, 5) is 27.5. The van der Waals surface area contributed by atoms with Gasteiger partial charge in [-0.15, -0.1) is 5.10 Å². The number of carbonyl (C=O) groups excluding carboxylic acids is 2. The monoisotopic (exact) mass is 359 g/mol. The number of hydrogen-bond donors (Lipinski definition) is 2. The van der Waals surface area contributed by atoms with Crippen LogP contribution in [0.5, 0.6) is 0 Å². The highest BCUT2D eigenvalue weighted by molar-refractivity contribution is 7.99. The van der Waals surface area contributed by atoms with Gasteiger partial charge in [0, 0.05) is 18.3 Å². The maximum atomic E-state index is 12.0. The Morgan fingerprint density at radius 2 is 1.56 bits per heavy atom. The standard InChI is InChI=1S/C17H21N5O2S/c1-4-14-15(5-2)21-22-17(20-14)25-10-16(24)19-13-8-6-12(7-9-13)18-11(3)23/h6-9H,4-5,10H2,1-3H3,(H,18,23)(H,19,24). The molecule has 0 aliphatic rings. The van der Waals surface area contributed by atoms with Crippen LogP contribution in [-0.4, -0.2) is 32.7 Å². The molecule has 0 saturated carbocycles. The van der Waals surface area contributed by atoms with Gasteiger partial charge < -0.3 is 10.6 Å². The third-order valence-corrected chi connectivity index (χ3v) is 4.15. The Morgan fingerprint density at radius 3 is 2.12 bits per heavy atom. The van der Waals surface area contributed by atoms with Gasteiger partial charge in [0.1, 0.15) is 0 Å². The largest absolute Gasteiger partial charge is 0.326 e. The molecule has 8 heteroatoms. The summed E-state index contributed by atoms with van der Waals surface area (Å²) in [7, 11) is 0. The van der Waals surface area contributed by atoms with E-state index < -0.39 is 0 Å². The fraction of sp³-hybridized carbons (Fsp3) is 0.353. The molecule has 0 saturated heterocycles. The number of aryl methyl sites for hydroxylation is 2. The van der Waals surface area contributed by atoms with Gasteiger partial charge in [-0.1, -0.05) is 25.6 Å². The maximum Gasteiger partial charge on any atom is 0.234 e. The van der Waals surface area contributed by atoms with E-state index in [0.29, 0.717) is 16.5 Å². The van der Waals surface area contributed by atoms with Crippen molar-refractivity contribution in [2.75, 3.05) is 16.4 Å². The number of nitrogens with one attached hydrogen (secondary N) is 2. The Bertz CT molecular complexity index is 749. The van der Waals surface area contributed by atoms with Gasteiger partial charge in [0.2, 0.25) is 17.0 Å². The molecule has 7 nitrogen and oxygen atoms in total. The Morgan fingerprint density at radius 1 is 0.960 bits per heavy atom. The van der Waals surface area contributed by atoms with E-state index in [4.69, 9.17) is 0 Å². The summed E-state index contributed by atoms with van der Waals surface area (Å²) >= 11 is 1.25. The van der Waals surface area contributed by atoms with Gasteiger partial charge in [-0.2, -0.15) is 5.10 Å². The lowest BCUT2D eigenvalue weighted by Gasteiger charge is -2.07. The fourth-order valence-corrected chi connectivity index (χ4v) is 2.76. The quantitative estimate of drug-likeness (QED) is 0.738. The molecule has 1 aromatic heterocycles. The molecule has 0 aliphatic heterocycles. The Kier molecular flexibility index (Phi) is 6.88. The number of thioether (sulfide) groups is 1. The molecular weight excluding hydrogens is 338 g/mol. The number of nitrogens with zero attached hydrogens (tertiary/aromatic N) is 3. The second kappa shape index (κ2) is 9.12. The van der Waals surface area contributed by atoms with Gasteiger partial charge in [0.15, 0.2) is 0 Å². The van der Waals surface area contributed by atoms with Gasteiger partial charge in [0.25, 0.3) is 0 Å². The van der Waals surface area contributed by atoms with Gasteiger partial charge in [-0.25, -0.2) is 4.98 Å². The van der Waals surface area contributed by atoms with Gasteiger partial charge in [-0.05, 0) is 37.1 Å². The average molecular weight is 359 g/mol. The molecule has 132 valence electrons. The Hall–Kier alpha value is -2.48. The molecule has 0 bridgehead atoms. The van der Waals surface area contributed by atoms with Crippen LogP contribution in [0.3, 0.4) is 0 Å². The summed E-state index contributed by atoms with van der Waals surface area (Å²) in [6.45, 7) is 5.48. The zero-order valence-electron chi connectivity index (χ0n) is 14.5. The van der Waals surface area contributed by atoms with Crippen LogP contribution in [0.2, 0.25) is 0 Å². The summed E-state index contributed by atoms with van der Waals surface area (Å²) in [5.74, 6) is -0.0927. The van der Waals surface area contributed by atoms with E-state index in [-0.39, 0.29) is 17.6 Å². The van der Waals surface area contributed by atoms with E-state index in [1.807, 2.05) is 13.8 Å². The minimum atomic E-state index is -0.154. The molecule has 0 radical (unpaired) electrons. The predicted molar refractivity (Wildman–Crippen MR) is 98.7 cm³/mol. The van der Waals surface area contributed by atoms with Gasteiger partial charge in [-0.3, -0.25) is 9.59 Å². The van der Waals surface area contributed by atoms with E-state index in [9.17, 15) is 9.59 Å². The number of anilines is 2. The second-order valence-electron chi connectivity index (χ2n) is 5.29. The molecule has 0 aliphatic carbocycles. The van der Waals surface area contributed by atoms with Crippen LogP contribution in [0, 0.1) is 0 Å². The van der Waals surface area contributed by atoms with E-state index in [1.54, 1.807) is 24.3 Å². The Balaban J connectivity index is 1.89. The lowest BCUT2D eigenvalue weighted by atomic mass is 10.2. The lowest BCUT2D eigenvalue weighted by molar-refractivity contribution is -0.114. The van der Waals surface area contributed by atoms with Crippen molar-refractivity contribution in [1.82, 2.24) is 15.2 Å². The lowest BCUT2D eigenvalue weighted by Crippen LogP contribution is -2.15. The maximum absolute atomic E-state index is 12.0. The fourth-order valence-electron chi connectivity index (χ4n) is 2.15. The van der Waals surface area contributed by atoms with Crippen LogP contribution in [0.4, 0.5) is 11.4 Å². The highest BCUT2D eigenvalue weighted by atomic mass is 32.2. The van der Waals surface area contributed by atoms with E-state index in [0.717, 1.165) is 24.2 Å². The summed E-state index contributed by atoms with van der Waals surface area (Å²) in [6.07, 6.45) is 1.59. The van der Waals surface area contributed by atoms with Crippen molar-refractivity contribution in [2.24, 2.45) is 0 Å². The molecule has 2 rings (SSSR count). The van der Waals surface area contributed by atoms with Crippen LogP contribution in [0.15, 0.2) is 29.4 Å². The molecule has 0 unspecified atom stereocenters. The topological polar surface area (TPSA) is 96.9 Å². The number of hydrogen-bond acceptors (Lipinski definition) is 6. The molecule has 1 heterocycles. The first-order valence-corrected chi connectivity index (χ1v) is 9.03. The normalized spacial score (nSPS) is 10.4. The number of aromatic nitrogens is 3. The molecule has 0 atom stereocenters. The number of amides is 2. The number of carbonyl (C=O) groups is 2. The Labute approximate surface area is 151 Å². The SMILES string of the molecule is CCc1nnc(SCC(=O)Nc2ccc(NC(C)=O)cc2)nc1CC. The summed E-state index contributed by atoms with van der Waals surface area (Å²) in [6, 6.07) is 6.93. The molecule has 2 N–H and O–H groups in total. The predicted octanol–water partition coefficient (Wildman–Crippen LogP) is 2.69. The van der Waals surface area contributed by atoms with Crippen LogP contribution < -0.4 is 10.6 Å². The summed E-state index contributed by atoms with van der Waals surface area (Å²) in [5, 5.41) is 14.2. The molecular formula is C17H21N5O2S. The third-order valence-electron chi connectivity index (χ3n) is 3.31. The van der Waals surface area contributed by atoms with Crippen molar-refractivity contribution in [1.29, 1.82) is 0 Å². The first kappa shape index (κ1) is 18.9. The van der Waals surface area contributed by atoms with Crippen molar-refractivity contribution < 1.29 is 9.59 Å². The van der Waals surface area contributed by atoms with Gasteiger partial charge in [0.05, 0.1) is 17.1 Å². The highest BCUT2D eigenvalue weighted by Gasteiger charge is 2.09. The van der Waals surface area contributed by atoms with E-state index >= 15 is 0 Å². The van der Waals surface area contributed by atoms with Crippen LogP contribution in [0.1, 0.15) is 32.2 Å². The summed E-state index contributed by atoms with van der Waals surface area (Å²) in [5.41, 5.74) is 3.17. The molecule has 0 fully saturated rings. The van der Waals surface area contributed by atoms with E-state index in [1.165, 1.54) is 18.7 Å². The number of benzene rings is 1. The van der Waals surface area contributed by atoms with E-state index in [2.05, 4.69) is 25.8 Å². The zero-order valence-corrected chi connectivity index (χ0v) is 15.3. The molecule has 1 aromatic carbocycles. The molecule has 25 heavy (non-hydrogen) atoms. The van der Waals surface area contributed by atoms with Crippen molar-refractivity contribution >= 4 is 35.0 Å². The van der Waals surface area contributed by atoms with Crippen LogP contribution in [0.25, 0.3) is 0 Å². The minimum Gasteiger partial charge on any atom is -0.326 e. The number of rotatable bonds is 7. The van der Waals surface area contributed by atoms with Crippen LogP contribution >= 0.6 is 11.8 Å². The van der Waals surface area contributed by atoms with Crippen molar-refractivity contribution in [3.8, 4) is 0 Å². The molecule has 2 aromatic rings. The summed E-state index contributed by atoms with van der Waals surface area (Å²) < 4.78 is 0. The zero-order chi connectivity index (χ0) is 18.2. The minimum absolute atomic E-state index is 0.137. The third kappa shape index (κ3) is 5.82. The van der Waals surface area contributed by atoms with Crippen molar-refractivity contribution in [3.05, 3.63) is 35.7 Å². The average Bonchev–Trinajstić information content (AvgIpc) is 2.61. The highest BCUT2D eigenvalue weighted by Crippen LogP contribution is 2.17. The van der Waals surface area contributed by atoms with Crippen molar-refractivity contribution in [2.45, 2.75) is 38.8 Å². The smallest absolute Gasteiger partial charge is 0.234 e. The van der Waals surface area contributed by atoms with Crippen molar-refractivity contribution in [3.63, 3.8) is 0 Å². The van der Waals surface area contributed by atoms with Crippen LogP contribution in [-0.2, 0) is 22.4 Å². The first-order chi connectivity index (χ1) is 12.0. The second-order valence-corrected chi connectivity index (χ2v) is 6.23. The first-order valence-electron chi connectivity index (χ1n) is 8.04. The van der Waals surface area contributed by atoms with Gasteiger partial charge >= 0.3 is 0 Å². The molecule has 2 amide bonds.